The van der Waals surface area contributed by atoms with Crippen molar-refractivity contribution in [2.45, 2.75) is 31.6 Å². The van der Waals surface area contributed by atoms with Gasteiger partial charge in [-0.05, 0) is 28.8 Å². The first-order valence-corrected chi connectivity index (χ1v) is 10.6. The summed E-state index contributed by atoms with van der Waals surface area (Å²) in [6.07, 6.45) is 9.39. The molecule has 0 spiro atoms. The van der Waals surface area contributed by atoms with Crippen LogP contribution < -0.4 is 4.74 Å². The van der Waals surface area contributed by atoms with E-state index < -0.39 is 0 Å². The van der Waals surface area contributed by atoms with E-state index in [0.29, 0.717) is 5.82 Å². The Morgan fingerprint density at radius 3 is 2.35 bits per heavy atom. The normalized spacial score (nSPS) is 15.9. The molecular weight excluding hydrogens is 392 g/mol. The predicted molar refractivity (Wildman–Crippen MR) is 120 cm³/mol. The summed E-state index contributed by atoms with van der Waals surface area (Å²) in [6, 6.07) is 16.2. The molecule has 0 saturated carbocycles. The van der Waals surface area contributed by atoms with E-state index in [1.165, 1.54) is 0 Å². The molecule has 4 rings (SSSR count). The maximum Gasteiger partial charge on any atom is 0.135 e. The molecule has 1 atom stereocenters. The Morgan fingerprint density at radius 1 is 1.03 bits per heavy atom. The number of hydrogen-bond donors (Lipinski definition) is 2. The van der Waals surface area contributed by atoms with Crippen LogP contribution in [0.25, 0.3) is 17.2 Å². The molecule has 1 aromatic heterocycles. The summed E-state index contributed by atoms with van der Waals surface area (Å²) < 4.78 is 13.2. The van der Waals surface area contributed by atoms with Gasteiger partial charge in [0.2, 0.25) is 0 Å². The van der Waals surface area contributed by atoms with Crippen molar-refractivity contribution in [3.8, 4) is 16.9 Å². The lowest BCUT2D eigenvalue weighted by Gasteiger charge is -2.23. The predicted octanol–water partition coefficient (Wildman–Crippen LogP) is 3.85. The highest BCUT2D eigenvalue weighted by molar-refractivity contribution is 5.66. The molecule has 1 aliphatic rings. The summed E-state index contributed by atoms with van der Waals surface area (Å²) >= 11 is 0. The number of nitrogens with zero attached hydrogens (tertiary/aromatic N) is 2. The number of aliphatic hydroxyl groups is 2. The summed E-state index contributed by atoms with van der Waals surface area (Å²) in [5.41, 5.74) is 3.30. The summed E-state index contributed by atoms with van der Waals surface area (Å²) in [6.45, 7) is 1.31. The van der Waals surface area contributed by atoms with Gasteiger partial charge >= 0.3 is 0 Å². The van der Waals surface area contributed by atoms with E-state index >= 15 is 0 Å². The fraction of sp³-hybridized carbons (Fsp3) is 0.320. The van der Waals surface area contributed by atoms with E-state index in [9.17, 15) is 10.2 Å². The van der Waals surface area contributed by atoms with Gasteiger partial charge in [-0.3, -0.25) is 0 Å². The van der Waals surface area contributed by atoms with Crippen LogP contribution in [0.1, 0.15) is 30.3 Å². The van der Waals surface area contributed by atoms with Crippen LogP contribution in [0.2, 0.25) is 0 Å². The van der Waals surface area contributed by atoms with Crippen molar-refractivity contribution in [2.75, 3.05) is 19.8 Å². The fourth-order valence-corrected chi connectivity index (χ4v) is 3.73. The van der Waals surface area contributed by atoms with Gasteiger partial charge in [-0.25, -0.2) is 4.98 Å². The van der Waals surface area contributed by atoms with Crippen molar-refractivity contribution >= 4 is 6.08 Å². The standard InChI is InChI=1S/C25H28N2O4/c28-17-22(27-14-13-26-25(27)18-29)8-3-19-1-4-20(5-2-19)21-6-9-23(10-7-21)31-24-11-15-30-16-12-24/h1-10,13-14,22,24,28-29H,11-12,15-18H2/b8-3+. The van der Waals surface area contributed by atoms with Crippen molar-refractivity contribution in [3.05, 3.63) is 78.4 Å². The molecule has 1 aliphatic heterocycles. The quantitative estimate of drug-likeness (QED) is 0.579. The largest absolute Gasteiger partial charge is 0.490 e. The van der Waals surface area contributed by atoms with Crippen molar-refractivity contribution in [1.82, 2.24) is 9.55 Å². The molecule has 2 aromatic carbocycles. The van der Waals surface area contributed by atoms with Gasteiger partial charge in [0.25, 0.3) is 0 Å². The number of rotatable bonds is 8. The van der Waals surface area contributed by atoms with Gasteiger partial charge in [0, 0.05) is 25.2 Å². The zero-order valence-corrected chi connectivity index (χ0v) is 17.4. The van der Waals surface area contributed by atoms with E-state index in [1.54, 1.807) is 17.0 Å². The molecule has 2 heterocycles. The lowest BCUT2D eigenvalue weighted by atomic mass is 10.0. The Hall–Kier alpha value is -2.93. The van der Waals surface area contributed by atoms with Crippen molar-refractivity contribution < 1.29 is 19.7 Å². The Labute approximate surface area is 182 Å². The zero-order chi connectivity index (χ0) is 21.5. The van der Waals surface area contributed by atoms with E-state index in [0.717, 1.165) is 48.5 Å². The van der Waals surface area contributed by atoms with Gasteiger partial charge < -0.3 is 24.3 Å². The SMILES string of the molecule is OCc1nccn1C(/C=C/c1ccc(-c2ccc(OC3CCOCC3)cc2)cc1)CO. The molecule has 6 heteroatoms. The highest BCUT2D eigenvalue weighted by Crippen LogP contribution is 2.25. The number of hydrogen-bond acceptors (Lipinski definition) is 5. The minimum absolute atomic E-state index is 0.0692. The van der Waals surface area contributed by atoms with E-state index in [2.05, 4.69) is 29.2 Å². The number of ether oxygens (including phenoxy) is 2. The van der Waals surface area contributed by atoms with Crippen LogP contribution in [-0.4, -0.2) is 45.7 Å². The summed E-state index contributed by atoms with van der Waals surface area (Å²) in [5.74, 6) is 1.43. The van der Waals surface area contributed by atoms with Gasteiger partial charge in [0.1, 0.15) is 24.3 Å². The second kappa shape index (κ2) is 10.4. The third kappa shape index (κ3) is 5.41. The maximum absolute atomic E-state index is 9.72. The molecule has 0 amide bonds. The van der Waals surface area contributed by atoms with Crippen LogP contribution >= 0.6 is 0 Å². The molecule has 1 fully saturated rings. The second-order valence-corrected chi connectivity index (χ2v) is 7.59. The first-order valence-electron chi connectivity index (χ1n) is 10.6. The van der Waals surface area contributed by atoms with Crippen LogP contribution in [-0.2, 0) is 11.3 Å². The molecule has 0 aliphatic carbocycles. The average Bonchev–Trinajstić information content (AvgIpc) is 3.30. The molecule has 0 radical (unpaired) electrons. The van der Waals surface area contributed by atoms with Gasteiger partial charge in [0.15, 0.2) is 0 Å². The Balaban J connectivity index is 1.40. The molecule has 3 aromatic rings. The van der Waals surface area contributed by atoms with Crippen LogP contribution in [0.3, 0.4) is 0 Å². The molecule has 31 heavy (non-hydrogen) atoms. The number of aliphatic hydroxyl groups excluding tert-OH is 2. The highest BCUT2D eigenvalue weighted by Gasteiger charge is 2.15. The summed E-state index contributed by atoms with van der Waals surface area (Å²) in [4.78, 5) is 4.10. The van der Waals surface area contributed by atoms with Gasteiger partial charge in [-0.15, -0.1) is 0 Å². The van der Waals surface area contributed by atoms with E-state index in [4.69, 9.17) is 9.47 Å². The molecule has 0 bridgehead atoms. The van der Waals surface area contributed by atoms with Crippen LogP contribution in [0, 0.1) is 0 Å². The third-order valence-electron chi connectivity index (χ3n) is 5.51. The van der Waals surface area contributed by atoms with Gasteiger partial charge in [-0.2, -0.15) is 0 Å². The van der Waals surface area contributed by atoms with E-state index in [-0.39, 0.29) is 25.4 Å². The topological polar surface area (TPSA) is 76.7 Å². The van der Waals surface area contributed by atoms with Crippen LogP contribution in [0.4, 0.5) is 0 Å². The molecular formula is C25H28N2O4. The van der Waals surface area contributed by atoms with Crippen molar-refractivity contribution in [1.29, 1.82) is 0 Å². The lowest BCUT2D eigenvalue weighted by molar-refractivity contribution is 0.0256. The minimum Gasteiger partial charge on any atom is -0.490 e. The molecule has 1 saturated heterocycles. The second-order valence-electron chi connectivity index (χ2n) is 7.59. The molecule has 162 valence electrons. The molecule has 2 N–H and O–H groups in total. The smallest absolute Gasteiger partial charge is 0.135 e. The highest BCUT2D eigenvalue weighted by atomic mass is 16.5. The molecule has 1 unspecified atom stereocenters. The van der Waals surface area contributed by atoms with Gasteiger partial charge in [0.05, 0.1) is 25.9 Å². The Bertz CT molecular complexity index is 974. The minimum atomic E-state index is -0.271. The fourth-order valence-electron chi connectivity index (χ4n) is 3.73. The molecule has 6 nitrogen and oxygen atoms in total. The number of imidazole rings is 1. The average molecular weight is 421 g/mol. The summed E-state index contributed by atoms with van der Waals surface area (Å²) in [5, 5.41) is 19.1. The van der Waals surface area contributed by atoms with Crippen LogP contribution in [0.5, 0.6) is 5.75 Å². The first kappa shape index (κ1) is 21.3. The Kier molecular flexibility index (Phi) is 7.14. The Morgan fingerprint density at radius 2 is 1.71 bits per heavy atom. The lowest BCUT2D eigenvalue weighted by Crippen LogP contribution is -2.25. The van der Waals surface area contributed by atoms with Crippen LogP contribution in [0.15, 0.2) is 67.0 Å². The van der Waals surface area contributed by atoms with Crippen molar-refractivity contribution in [2.24, 2.45) is 0 Å². The number of benzene rings is 2. The monoisotopic (exact) mass is 420 g/mol. The van der Waals surface area contributed by atoms with Crippen molar-refractivity contribution in [3.63, 3.8) is 0 Å². The van der Waals surface area contributed by atoms with E-state index in [1.807, 2.05) is 36.4 Å². The first-order chi connectivity index (χ1) is 15.3. The van der Waals surface area contributed by atoms with Gasteiger partial charge in [-0.1, -0.05) is 48.6 Å². The number of aromatic nitrogens is 2. The third-order valence-corrected chi connectivity index (χ3v) is 5.51. The summed E-state index contributed by atoms with van der Waals surface area (Å²) in [7, 11) is 0. The zero-order valence-electron chi connectivity index (χ0n) is 17.4. The maximum atomic E-state index is 9.72.